The molecule has 6 aliphatic rings. The number of allylic oxidation sites excluding steroid dienone is 1. The first-order valence-electron chi connectivity index (χ1n) is 28.1. The van der Waals surface area contributed by atoms with Gasteiger partial charge in [0, 0.05) is 37.5 Å². The Kier molecular flexibility index (Phi) is 21.9. The molecule has 0 spiro atoms. The lowest BCUT2D eigenvalue weighted by Gasteiger charge is -2.43. The van der Waals surface area contributed by atoms with Gasteiger partial charge in [-0.2, -0.15) is 0 Å². The Bertz CT molecular complexity index is 2030. The molecule has 398 valence electrons. The molecule has 1 saturated carbocycles. The molecule has 0 N–H and O–H groups in total. The Morgan fingerprint density at radius 1 is 0.704 bits per heavy atom. The smallest absolute Gasteiger partial charge is 0.193 e. The molecule has 3 unspecified atom stereocenters. The van der Waals surface area contributed by atoms with Gasteiger partial charge in [-0.1, -0.05) is 105 Å². The molecule has 9 atom stereocenters. The van der Waals surface area contributed by atoms with Crippen molar-refractivity contribution in [2.45, 2.75) is 239 Å². The van der Waals surface area contributed by atoms with E-state index in [0.717, 1.165) is 133 Å². The highest BCUT2D eigenvalue weighted by Gasteiger charge is 2.48. The van der Waals surface area contributed by atoms with Crippen LogP contribution in [0.2, 0.25) is 18.1 Å². The summed E-state index contributed by atoms with van der Waals surface area (Å²) in [5.41, 5.74) is 7.35. The number of unbranched alkanes of at least 4 members (excludes halogenated alkanes) is 4. The van der Waals surface area contributed by atoms with E-state index in [1.54, 1.807) is 14.2 Å². The predicted molar refractivity (Wildman–Crippen MR) is 289 cm³/mol. The molecule has 10 heteroatoms. The fourth-order valence-electron chi connectivity index (χ4n) is 12.3. The molecule has 2 aromatic carbocycles. The van der Waals surface area contributed by atoms with E-state index in [4.69, 9.17) is 32.8 Å². The molecule has 0 radical (unpaired) electrons. The fraction of sp³-hybridized carbons (Fsp3) is 0.738. The summed E-state index contributed by atoms with van der Waals surface area (Å²) in [7, 11) is 1.37. The minimum Gasteiger partial charge on any atom is -0.496 e. The molecule has 2 heterocycles. The molecule has 8 rings (SSSR count). The van der Waals surface area contributed by atoms with Crippen molar-refractivity contribution in [2.24, 2.45) is 23.7 Å². The average molecular weight is 1000 g/mol. The lowest BCUT2D eigenvalue weighted by Crippen LogP contribution is -2.43. The first-order valence-corrected chi connectivity index (χ1v) is 31.0. The van der Waals surface area contributed by atoms with Crippen LogP contribution in [0.25, 0.3) is 0 Å². The van der Waals surface area contributed by atoms with Crippen LogP contribution in [-0.4, -0.2) is 72.1 Å². The van der Waals surface area contributed by atoms with E-state index >= 15 is 0 Å². The van der Waals surface area contributed by atoms with Gasteiger partial charge in [0.1, 0.15) is 17.3 Å². The topological polar surface area (TPSA) is 98.8 Å². The van der Waals surface area contributed by atoms with Crippen molar-refractivity contribution < 1.29 is 42.4 Å². The van der Waals surface area contributed by atoms with Gasteiger partial charge in [-0.3, -0.25) is 9.59 Å². The van der Waals surface area contributed by atoms with Crippen LogP contribution in [0.3, 0.4) is 0 Å². The monoisotopic (exact) mass is 1000 g/mol. The Balaban J connectivity index is 0.000000235. The zero-order chi connectivity index (χ0) is 49.8. The molecule has 0 amide bonds. The van der Waals surface area contributed by atoms with Gasteiger partial charge in [-0.25, -0.2) is 0 Å². The number of fused-ring (bicyclic) bond motifs is 4. The van der Waals surface area contributed by atoms with Crippen LogP contribution in [0.1, 0.15) is 199 Å². The minimum atomic E-state index is -2.12. The number of benzene rings is 2. The molecule has 9 nitrogen and oxygen atoms in total. The van der Waals surface area contributed by atoms with E-state index in [0.29, 0.717) is 29.8 Å². The molecule has 71 heavy (non-hydrogen) atoms. The number of carbonyl (C=O) groups excluding carboxylic acids is 2. The lowest BCUT2D eigenvalue weighted by atomic mass is 9.73. The molecule has 2 aromatic rings. The Morgan fingerprint density at radius 3 is 1.89 bits per heavy atom. The third-order valence-electron chi connectivity index (χ3n) is 17.3. The zero-order valence-electron chi connectivity index (χ0n) is 45.0. The summed E-state index contributed by atoms with van der Waals surface area (Å²) in [6.07, 6.45) is 23.7. The second kappa shape index (κ2) is 27.1. The highest BCUT2D eigenvalue weighted by atomic mass is 28.4. The van der Waals surface area contributed by atoms with Crippen LogP contribution in [0.15, 0.2) is 47.5 Å². The number of rotatable bonds is 22. The maximum atomic E-state index is 13.6. The van der Waals surface area contributed by atoms with E-state index in [1.165, 1.54) is 66.4 Å². The predicted octanol–water partition coefficient (Wildman–Crippen LogP) is 15.0. The van der Waals surface area contributed by atoms with Gasteiger partial charge >= 0.3 is 0 Å². The normalized spacial score (nSPS) is 26.0. The number of carbonyl (C=O) groups is 2. The number of hydrogen-bond acceptors (Lipinski definition) is 9. The molecule has 4 aliphatic carbocycles. The molecular formula is C61H96O9Si. The lowest BCUT2D eigenvalue weighted by molar-refractivity contribution is -0.191. The van der Waals surface area contributed by atoms with Crippen molar-refractivity contribution in [3.8, 4) is 11.5 Å². The summed E-state index contributed by atoms with van der Waals surface area (Å²) < 4.78 is 43.3. The van der Waals surface area contributed by atoms with Crippen molar-refractivity contribution in [1.29, 1.82) is 0 Å². The van der Waals surface area contributed by atoms with Crippen LogP contribution >= 0.6 is 0 Å². The number of ketones is 2. The van der Waals surface area contributed by atoms with E-state index in [-0.39, 0.29) is 55.2 Å². The van der Waals surface area contributed by atoms with Crippen LogP contribution in [0.4, 0.5) is 0 Å². The standard InChI is InChI=1S/C33H52O5Si.C27H40O4.CH4/c1-8-9-10-14-24(37-30-17-11-12-20-36-30)18-19-26-28(34)22-23-21-27-25(15-13-16-29(27)35-5)32(31(23)26)38-39(6,7)33(2,3)4;1-3-4-5-10-21(31-27-12-6-7-15-30-27)13-14-22-23-16-19-9-8-11-26(29-2)24(19)17-20(23)18-25(22)28;/h13,15-16,23-24,30,32H,8-12,14,17-22H2,1-7H3;8-9,11,20-23,27H,3-7,10,12-18H2,1-2H3;1H4/t23-,24-,30?,32+;20-,21-,22?,23-,27?;/m00./s1. The summed E-state index contributed by atoms with van der Waals surface area (Å²) in [5.74, 6) is 4.00. The SMILES string of the molecule is C.CCCCC[C@@H](CCC1=C2[C@H](CC1=O)Cc1c(OC)cccc1[C@H]2O[Si](C)(C)C(C)(C)C)OC1CCCCO1.CCCCC[C@@H](CCC1C(=O)C[C@@H]2Cc3c(cccc3OC)C[C@H]12)OC1CCCCO1. The van der Waals surface area contributed by atoms with E-state index in [9.17, 15) is 9.59 Å². The highest BCUT2D eigenvalue weighted by Crippen LogP contribution is 2.53. The van der Waals surface area contributed by atoms with Crippen molar-refractivity contribution in [2.75, 3.05) is 27.4 Å². The van der Waals surface area contributed by atoms with Crippen molar-refractivity contribution >= 4 is 19.9 Å². The summed E-state index contributed by atoms with van der Waals surface area (Å²) >= 11 is 0. The maximum Gasteiger partial charge on any atom is 0.193 e. The molecular weight excluding hydrogens is 905 g/mol. The van der Waals surface area contributed by atoms with Gasteiger partial charge in [0.05, 0.1) is 32.5 Å². The molecule has 3 fully saturated rings. The third-order valence-corrected chi connectivity index (χ3v) is 21.7. The molecule has 0 aromatic heterocycles. The highest BCUT2D eigenvalue weighted by molar-refractivity contribution is 6.74. The average Bonchev–Trinajstić information content (AvgIpc) is 3.84. The largest absolute Gasteiger partial charge is 0.496 e. The van der Waals surface area contributed by atoms with Gasteiger partial charge < -0.3 is 32.8 Å². The van der Waals surface area contributed by atoms with Crippen molar-refractivity contribution in [1.82, 2.24) is 0 Å². The molecule has 2 saturated heterocycles. The van der Waals surface area contributed by atoms with E-state index < -0.39 is 8.32 Å². The van der Waals surface area contributed by atoms with Crippen LogP contribution in [0.5, 0.6) is 11.5 Å². The van der Waals surface area contributed by atoms with E-state index in [1.807, 2.05) is 6.07 Å². The molecule has 2 aliphatic heterocycles. The van der Waals surface area contributed by atoms with Crippen LogP contribution in [0, 0.1) is 23.7 Å². The van der Waals surface area contributed by atoms with Crippen molar-refractivity contribution in [3.05, 3.63) is 69.8 Å². The quantitative estimate of drug-likeness (QED) is 0.0843. The van der Waals surface area contributed by atoms with Gasteiger partial charge in [-0.05, 0) is 172 Å². The number of methoxy groups -OCH3 is 2. The van der Waals surface area contributed by atoms with Crippen LogP contribution < -0.4 is 9.47 Å². The minimum absolute atomic E-state index is 0. The first-order chi connectivity index (χ1) is 33.7. The second-order valence-corrected chi connectivity index (χ2v) is 27.9. The maximum absolute atomic E-state index is 13.6. The summed E-state index contributed by atoms with van der Waals surface area (Å²) in [6, 6.07) is 12.7. The third kappa shape index (κ3) is 14.7. The summed E-state index contributed by atoms with van der Waals surface area (Å²) in [6.45, 7) is 17.6. The van der Waals surface area contributed by atoms with Crippen molar-refractivity contribution in [3.63, 3.8) is 0 Å². The Morgan fingerprint density at radius 2 is 1.31 bits per heavy atom. The zero-order valence-corrected chi connectivity index (χ0v) is 46.0. The van der Waals surface area contributed by atoms with Gasteiger partial charge in [0.15, 0.2) is 26.7 Å². The fourth-order valence-corrected chi connectivity index (χ4v) is 13.5. The van der Waals surface area contributed by atoms with Gasteiger partial charge in [0.2, 0.25) is 0 Å². The van der Waals surface area contributed by atoms with Crippen LogP contribution in [-0.2, 0) is 52.2 Å². The number of ether oxygens (including phenoxy) is 6. The van der Waals surface area contributed by atoms with Gasteiger partial charge in [0.25, 0.3) is 0 Å². The molecule has 0 bridgehead atoms. The first kappa shape index (κ1) is 57.4. The number of hydrogen-bond donors (Lipinski definition) is 0. The van der Waals surface area contributed by atoms with Gasteiger partial charge in [-0.15, -0.1) is 0 Å². The van der Waals surface area contributed by atoms with E-state index in [2.05, 4.69) is 78.0 Å². The Labute approximate surface area is 431 Å². The number of Topliss-reactive ketones (excluding diaryl/α,β-unsaturated/α-hetero) is 2. The Hall–Kier alpha value is -2.86. The second-order valence-electron chi connectivity index (χ2n) is 23.2. The summed E-state index contributed by atoms with van der Waals surface area (Å²) in [4.78, 5) is 26.6. The summed E-state index contributed by atoms with van der Waals surface area (Å²) in [5, 5.41) is 0.0700.